The van der Waals surface area contributed by atoms with Gasteiger partial charge in [-0.2, -0.15) is 0 Å². The summed E-state index contributed by atoms with van der Waals surface area (Å²) in [6, 6.07) is 9.90. The Hall–Kier alpha value is -2.16. The highest BCUT2D eigenvalue weighted by molar-refractivity contribution is 5.92. The Bertz CT molecular complexity index is 615. The van der Waals surface area contributed by atoms with Crippen molar-refractivity contribution < 1.29 is 14.3 Å². The van der Waals surface area contributed by atoms with Gasteiger partial charge in [0.15, 0.2) is 0 Å². The molecule has 86 valence electrons. The van der Waals surface area contributed by atoms with Crippen LogP contribution in [0.3, 0.4) is 0 Å². The molecule has 0 unspecified atom stereocenters. The Kier molecular flexibility index (Phi) is 2.91. The molecule has 0 aliphatic rings. The molecule has 0 heterocycles. The van der Waals surface area contributed by atoms with E-state index >= 15 is 0 Å². The molecule has 0 atom stereocenters. The maximum absolute atomic E-state index is 13.0. The zero-order chi connectivity index (χ0) is 12.4. The van der Waals surface area contributed by atoms with Gasteiger partial charge in [-0.3, -0.25) is 0 Å². The van der Waals surface area contributed by atoms with Crippen LogP contribution in [0, 0.1) is 5.82 Å². The molecule has 0 aromatic heterocycles. The Labute approximate surface area is 98.0 Å². The van der Waals surface area contributed by atoms with Crippen molar-refractivity contribution in [3.8, 4) is 0 Å². The SMILES string of the molecule is C/C(=C\c1ccc2cc(F)ccc2c1)C(=O)O. The first-order valence-electron chi connectivity index (χ1n) is 5.17. The van der Waals surface area contributed by atoms with Gasteiger partial charge >= 0.3 is 5.97 Å². The van der Waals surface area contributed by atoms with E-state index in [1.54, 1.807) is 24.3 Å². The van der Waals surface area contributed by atoms with Gasteiger partial charge in [-0.05, 0) is 47.5 Å². The van der Waals surface area contributed by atoms with Crippen molar-refractivity contribution in [1.29, 1.82) is 0 Å². The highest BCUT2D eigenvalue weighted by Gasteiger charge is 2.01. The summed E-state index contributed by atoms with van der Waals surface area (Å²) >= 11 is 0. The second-order valence-corrected chi connectivity index (χ2v) is 3.88. The van der Waals surface area contributed by atoms with E-state index in [-0.39, 0.29) is 11.4 Å². The number of carboxylic acids is 1. The molecule has 3 heteroatoms. The summed E-state index contributed by atoms with van der Waals surface area (Å²) in [5, 5.41) is 10.5. The molecule has 0 fully saturated rings. The average Bonchev–Trinajstić information content (AvgIpc) is 2.29. The van der Waals surface area contributed by atoms with E-state index in [0.29, 0.717) is 0 Å². The number of hydrogen-bond acceptors (Lipinski definition) is 1. The zero-order valence-corrected chi connectivity index (χ0v) is 9.27. The van der Waals surface area contributed by atoms with Crippen molar-refractivity contribution in [1.82, 2.24) is 0 Å². The Morgan fingerprint density at radius 2 is 1.82 bits per heavy atom. The molecule has 0 bridgehead atoms. The molecule has 0 saturated carbocycles. The summed E-state index contributed by atoms with van der Waals surface area (Å²) < 4.78 is 13.0. The van der Waals surface area contributed by atoms with Crippen molar-refractivity contribution in [3.63, 3.8) is 0 Å². The van der Waals surface area contributed by atoms with Gasteiger partial charge in [0.25, 0.3) is 0 Å². The average molecular weight is 230 g/mol. The number of hydrogen-bond donors (Lipinski definition) is 1. The lowest BCUT2D eigenvalue weighted by Crippen LogP contribution is -1.95. The van der Waals surface area contributed by atoms with E-state index in [0.717, 1.165) is 16.3 Å². The molecule has 0 amide bonds. The van der Waals surface area contributed by atoms with E-state index in [1.807, 2.05) is 6.07 Å². The molecule has 2 aromatic carbocycles. The van der Waals surface area contributed by atoms with Gasteiger partial charge < -0.3 is 5.11 Å². The van der Waals surface area contributed by atoms with E-state index < -0.39 is 5.97 Å². The number of halogens is 1. The quantitative estimate of drug-likeness (QED) is 0.802. The molecule has 2 rings (SSSR count). The fourth-order valence-electron chi connectivity index (χ4n) is 1.64. The van der Waals surface area contributed by atoms with Crippen LogP contribution in [-0.4, -0.2) is 11.1 Å². The summed E-state index contributed by atoms with van der Waals surface area (Å²) in [4.78, 5) is 10.7. The van der Waals surface area contributed by atoms with Crippen LogP contribution >= 0.6 is 0 Å². The van der Waals surface area contributed by atoms with Crippen LogP contribution in [-0.2, 0) is 4.79 Å². The van der Waals surface area contributed by atoms with Crippen LogP contribution < -0.4 is 0 Å². The van der Waals surface area contributed by atoms with E-state index in [9.17, 15) is 9.18 Å². The van der Waals surface area contributed by atoms with E-state index in [4.69, 9.17) is 5.11 Å². The highest BCUT2D eigenvalue weighted by Crippen LogP contribution is 2.19. The summed E-state index contributed by atoms with van der Waals surface area (Å²) in [6.45, 7) is 1.54. The Balaban J connectivity index is 2.49. The summed E-state index contributed by atoms with van der Waals surface area (Å²) in [7, 11) is 0. The van der Waals surface area contributed by atoms with Gasteiger partial charge in [-0.15, -0.1) is 0 Å². The van der Waals surface area contributed by atoms with E-state index in [2.05, 4.69) is 0 Å². The first kappa shape index (κ1) is 11.3. The molecule has 0 radical (unpaired) electrons. The maximum Gasteiger partial charge on any atom is 0.331 e. The van der Waals surface area contributed by atoms with E-state index in [1.165, 1.54) is 19.1 Å². The lowest BCUT2D eigenvalue weighted by Gasteiger charge is -2.01. The minimum atomic E-state index is -0.941. The first-order chi connectivity index (χ1) is 8.06. The number of fused-ring (bicyclic) bond motifs is 1. The third kappa shape index (κ3) is 2.50. The van der Waals surface area contributed by atoms with Crippen LogP contribution in [0.4, 0.5) is 4.39 Å². The summed E-state index contributed by atoms with van der Waals surface area (Å²) in [5.74, 6) is -1.22. The largest absolute Gasteiger partial charge is 0.478 e. The monoisotopic (exact) mass is 230 g/mol. The number of carboxylic acid groups (broad SMARTS) is 1. The third-order valence-electron chi connectivity index (χ3n) is 2.55. The fourth-order valence-corrected chi connectivity index (χ4v) is 1.64. The molecular weight excluding hydrogens is 219 g/mol. The van der Waals surface area contributed by atoms with Gasteiger partial charge in [0, 0.05) is 5.57 Å². The van der Waals surface area contributed by atoms with Crippen molar-refractivity contribution in [2.75, 3.05) is 0 Å². The van der Waals surface area contributed by atoms with Crippen LogP contribution in [0.25, 0.3) is 16.8 Å². The number of rotatable bonds is 2. The summed E-state index contributed by atoms with van der Waals surface area (Å²) in [6.07, 6.45) is 1.59. The fraction of sp³-hybridized carbons (Fsp3) is 0.0714. The topological polar surface area (TPSA) is 37.3 Å². The molecule has 0 aliphatic heterocycles. The molecule has 0 aliphatic carbocycles. The molecule has 2 nitrogen and oxygen atoms in total. The number of aliphatic carboxylic acids is 1. The first-order valence-corrected chi connectivity index (χ1v) is 5.17. The zero-order valence-electron chi connectivity index (χ0n) is 9.27. The second-order valence-electron chi connectivity index (χ2n) is 3.88. The molecule has 0 spiro atoms. The second kappa shape index (κ2) is 4.37. The lowest BCUT2D eigenvalue weighted by atomic mass is 10.1. The Morgan fingerprint density at radius 3 is 2.53 bits per heavy atom. The molecular formula is C14H11FO2. The standard InChI is InChI=1S/C14H11FO2/c1-9(14(16)17)6-10-2-3-12-8-13(15)5-4-11(12)7-10/h2-8H,1H3,(H,16,17)/b9-6+. The maximum atomic E-state index is 13.0. The number of carbonyl (C=O) groups is 1. The predicted molar refractivity (Wildman–Crippen MR) is 65.2 cm³/mol. The lowest BCUT2D eigenvalue weighted by molar-refractivity contribution is -0.132. The van der Waals surface area contributed by atoms with Crippen LogP contribution in [0.15, 0.2) is 42.0 Å². The van der Waals surface area contributed by atoms with Crippen LogP contribution in [0.5, 0.6) is 0 Å². The van der Waals surface area contributed by atoms with Crippen molar-refractivity contribution in [3.05, 3.63) is 53.4 Å². The molecule has 0 saturated heterocycles. The third-order valence-corrected chi connectivity index (χ3v) is 2.55. The minimum absolute atomic E-state index is 0.270. The number of benzene rings is 2. The Morgan fingerprint density at radius 1 is 1.18 bits per heavy atom. The van der Waals surface area contributed by atoms with Gasteiger partial charge in [0.1, 0.15) is 5.82 Å². The molecule has 1 N–H and O–H groups in total. The minimum Gasteiger partial charge on any atom is -0.478 e. The molecule has 17 heavy (non-hydrogen) atoms. The van der Waals surface area contributed by atoms with Gasteiger partial charge in [0.05, 0.1) is 0 Å². The predicted octanol–water partition coefficient (Wildman–Crippen LogP) is 3.47. The normalized spacial score (nSPS) is 11.8. The van der Waals surface area contributed by atoms with Gasteiger partial charge in [0.2, 0.25) is 0 Å². The van der Waals surface area contributed by atoms with Crippen molar-refractivity contribution in [2.45, 2.75) is 6.92 Å². The van der Waals surface area contributed by atoms with Crippen LogP contribution in [0.1, 0.15) is 12.5 Å². The van der Waals surface area contributed by atoms with Crippen LogP contribution in [0.2, 0.25) is 0 Å². The van der Waals surface area contributed by atoms with Crippen molar-refractivity contribution >= 4 is 22.8 Å². The van der Waals surface area contributed by atoms with Gasteiger partial charge in [-0.25, -0.2) is 9.18 Å². The van der Waals surface area contributed by atoms with Crippen molar-refractivity contribution in [2.24, 2.45) is 0 Å². The van der Waals surface area contributed by atoms with Gasteiger partial charge in [-0.1, -0.05) is 18.2 Å². The highest BCUT2D eigenvalue weighted by atomic mass is 19.1. The smallest absolute Gasteiger partial charge is 0.331 e. The molecule has 2 aromatic rings. The summed E-state index contributed by atoms with van der Waals surface area (Å²) in [5.41, 5.74) is 1.07.